The number of hydrazine groups is 1. The van der Waals surface area contributed by atoms with Crippen molar-refractivity contribution in [2.75, 3.05) is 12.3 Å². The number of nitrogens with two attached hydrogens (primary N) is 1. The average Bonchev–Trinajstić information content (AvgIpc) is 3.02. The molecule has 2 atom stereocenters. The van der Waals surface area contributed by atoms with Gasteiger partial charge < -0.3 is 10.5 Å². The van der Waals surface area contributed by atoms with Gasteiger partial charge in [-0.15, -0.1) is 0 Å². The maximum atomic E-state index is 5.91. The first-order valence-corrected chi connectivity index (χ1v) is 8.21. The number of hydrogen-bond acceptors (Lipinski definition) is 4. The Morgan fingerprint density at radius 2 is 1.91 bits per heavy atom. The molecule has 1 saturated heterocycles. The Balaban J connectivity index is 1.52. The zero-order valence-electron chi connectivity index (χ0n) is 13.8. The predicted octanol–water partition coefficient (Wildman–Crippen LogP) is 3.38. The van der Waals surface area contributed by atoms with Gasteiger partial charge in [0, 0.05) is 11.7 Å². The lowest BCUT2D eigenvalue weighted by Gasteiger charge is -2.13. The van der Waals surface area contributed by atoms with Crippen molar-refractivity contribution in [1.29, 1.82) is 0 Å². The van der Waals surface area contributed by atoms with Crippen LogP contribution >= 0.6 is 0 Å². The van der Waals surface area contributed by atoms with Gasteiger partial charge in [0.1, 0.15) is 12.4 Å². The third-order valence-corrected chi connectivity index (χ3v) is 4.29. The van der Waals surface area contributed by atoms with Crippen LogP contribution in [0.25, 0.3) is 0 Å². The minimum atomic E-state index is 0.274. The van der Waals surface area contributed by atoms with Crippen molar-refractivity contribution in [1.82, 2.24) is 10.9 Å². The minimum absolute atomic E-state index is 0.274. The van der Waals surface area contributed by atoms with Crippen molar-refractivity contribution in [3.63, 3.8) is 0 Å². The van der Waals surface area contributed by atoms with Crippen LogP contribution in [0.3, 0.4) is 0 Å². The van der Waals surface area contributed by atoms with E-state index >= 15 is 0 Å². The first-order chi connectivity index (χ1) is 11.1. The molecule has 0 radical (unpaired) electrons. The summed E-state index contributed by atoms with van der Waals surface area (Å²) in [6, 6.07) is 16.9. The molecule has 4 heteroatoms. The molecule has 4 nitrogen and oxygen atoms in total. The standard InChI is InChI=1S/C19H25N3O/c1-13(2)14-6-8-18(9-7-14)23-12-17-11-19(22-21-17)15-4-3-5-16(20)10-15/h3-10,13,17,19,21-22H,11-12,20H2,1-2H3. The maximum Gasteiger partial charge on any atom is 0.119 e. The summed E-state index contributed by atoms with van der Waals surface area (Å²) in [6.45, 7) is 5.04. The minimum Gasteiger partial charge on any atom is -0.492 e. The van der Waals surface area contributed by atoms with Gasteiger partial charge in [-0.2, -0.15) is 0 Å². The summed E-state index contributed by atoms with van der Waals surface area (Å²) in [5.74, 6) is 1.47. The normalized spacial score (nSPS) is 20.8. The molecule has 3 rings (SSSR count). The van der Waals surface area contributed by atoms with E-state index in [9.17, 15) is 0 Å². The number of benzene rings is 2. The van der Waals surface area contributed by atoms with Crippen LogP contribution in [0.2, 0.25) is 0 Å². The van der Waals surface area contributed by atoms with Crippen molar-refractivity contribution in [3.05, 3.63) is 59.7 Å². The molecular formula is C19H25N3O. The van der Waals surface area contributed by atoms with E-state index in [-0.39, 0.29) is 12.1 Å². The highest BCUT2D eigenvalue weighted by Gasteiger charge is 2.25. The highest BCUT2D eigenvalue weighted by atomic mass is 16.5. The molecule has 4 N–H and O–H groups in total. The van der Waals surface area contributed by atoms with Gasteiger partial charge in [-0.25, -0.2) is 5.43 Å². The number of nitrogens with one attached hydrogen (secondary N) is 2. The van der Waals surface area contributed by atoms with Crippen molar-refractivity contribution < 1.29 is 4.74 Å². The van der Waals surface area contributed by atoms with Gasteiger partial charge in [-0.1, -0.05) is 38.1 Å². The summed E-state index contributed by atoms with van der Waals surface area (Å²) in [5.41, 5.74) is 15.8. The number of ether oxygens (including phenoxy) is 1. The van der Waals surface area contributed by atoms with Gasteiger partial charge in [0.2, 0.25) is 0 Å². The molecule has 2 aromatic carbocycles. The second kappa shape index (κ2) is 7.02. The van der Waals surface area contributed by atoms with Crippen LogP contribution in [0.15, 0.2) is 48.5 Å². The molecular weight excluding hydrogens is 286 g/mol. The topological polar surface area (TPSA) is 59.3 Å². The lowest BCUT2D eigenvalue weighted by molar-refractivity contribution is 0.272. The Labute approximate surface area is 138 Å². The van der Waals surface area contributed by atoms with E-state index in [4.69, 9.17) is 10.5 Å². The molecule has 0 aliphatic carbocycles. The Kier molecular flexibility index (Phi) is 4.84. The fraction of sp³-hybridized carbons (Fsp3) is 0.368. The monoisotopic (exact) mass is 311 g/mol. The molecule has 1 fully saturated rings. The molecule has 2 unspecified atom stereocenters. The van der Waals surface area contributed by atoms with Crippen LogP contribution in [0.5, 0.6) is 5.75 Å². The van der Waals surface area contributed by atoms with Crippen LogP contribution in [0.1, 0.15) is 43.4 Å². The summed E-state index contributed by atoms with van der Waals surface area (Å²) in [7, 11) is 0. The second-order valence-corrected chi connectivity index (χ2v) is 6.48. The predicted molar refractivity (Wildman–Crippen MR) is 94.3 cm³/mol. The third-order valence-electron chi connectivity index (χ3n) is 4.29. The highest BCUT2D eigenvalue weighted by molar-refractivity contribution is 5.41. The molecule has 0 amide bonds. The van der Waals surface area contributed by atoms with E-state index in [2.05, 4.69) is 42.9 Å². The molecule has 0 saturated carbocycles. The summed E-state index contributed by atoms with van der Waals surface area (Å²) in [5, 5.41) is 0. The number of rotatable bonds is 5. The van der Waals surface area contributed by atoms with Crippen LogP contribution in [0, 0.1) is 0 Å². The smallest absolute Gasteiger partial charge is 0.119 e. The van der Waals surface area contributed by atoms with Gasteiger partial charge in [-0.3, -0.25) is 5.43 Å². The van der Waals surface area contributed by atoms with E-state index in [1.165, 1.54) is 11.1 Å². The van der Waals surface area contributed by atoms with Crippen LogP contribution in [-0.2, 0) is 0 Å². The molecule has 0 aromatic heterocycles. The molecule has 2 aromatic rings. The molecule has 1 aliphatic heterocycles. The van der Waals surface area contributed by atoms with E-state index in [1.54, 1.807) is 0 Å². The zero-order valence-corrected chi connectivity index (χ0v) is 13.8. The fourth-order valence-electron chi connectivity index (χ4n) is 2.87. The van der Waals surface area contributed by atoms with Gasteiger partial charge in [0.25, 0.3) is 0 Å². The van der Waals surface area contributed by atoms with Gasteiger partial charge in [-0.05, 0) is 47.7 Å². The summed E-state index contributed by atoms with van der Waals surface area (Å²) < 4.78 is 5.91. The first-order valence-electron chi connectivity index (χ1n) is 8.21. The van der Waals surface area contributed by atoms with Crippen LogP contribution in [0.4, 0.5) is 5.69 Å². The SMILES string of the molecule is CC(C)c1ccc(OCC2CC(c3cccc(N)c3)NN2)cc1. The molecule has 0 bridgehead atoms. The summed E-state index contributed by atoms with van der Waals surface area (Å²) in [6.07, 6.45) is 0.980. The fourth-order valence-corrected chi connectivity index (χ4v) is 2.87. The molecule has 1 aliphatic rings. The zero-order chi connectivity index (χ0) is 16.2. The maximum absolute atomic E-state index is 5.91. The van der Waals surface area contributed by atoms with Crippen LogP contribution < -0.4 is 21.3 Å². The number of anilines is 1. The average molecular weight is 311 g/mol. The van der Waals surface area contributed by atoms with Gasteiger partial charge >= 0.3 is 0 Å². The molecule has 0 spiro atoms. The molecule has 122 valence electrons. The largest absolute Gasteiger partial charge is 0.492 e. The summed E-state index contributed by atoms with van der Waals surface area (Å²) >= 11 is 0. The quantitative estimate of drug-likeness (QED) is 0.741. The van der Waals surface area contributed by atoms with Crippen LogP contribution in [-0.4, -0.2) is 12.6 Å². The van der Waals surface area contributed by atoms with Crippen molar-refractivity contribution in [3.8, 4) is 5.75 Å². The second-order valence-electron chi connectivity index (χ2n) is 6.48. The number of nitrogen functional groups attached to an aromatic ring is 1. The summed E-state index contributed by atoms with van der Waals surface area (Å²) in [4.78, 5) is 0. The highest BCUT2D eigenvalue weighted by Crippen LogP contribution is 2.24. The third kappa shape index (κ3) is 4.03. The van der Waals surface area contributed by atoms with E-state index in [0.29, 0.717) is 12.5 Å². The molecule has 1 heterocycles. The Bertz CT molecular complexity index is 639. The van der Waals surface area contributed by atoms with Gasteiger partial charge in [0.05, 0.1) is 6.04 Å². The van der Waals surface area contributed by atoms with Crippen molar-refractivity contribution >= 4 is 5.69 Å². The van der Waals surface area contributed by atoms with Crippen molar-refractivity contribution in [2.24, 2.45) is 0 Å². The first kappa shape index (κ1) is 15.8. The van der Waals surface area contributed by atoms with E-state index in [1.807, 2.05) is 30.3 Å². The van der Waals surface area contributed by atoms with E-state index in [0.717, 1.165) is 17.9 Å². The van der Waals surface area contributed by atoms with Crippen molar-refractivity contribution in [2.45, 2.75) is 38.3 Å². The Morgan fingerprint density at radius 1 is 1.13 bits per heavy atom. The van der Waals surface area contributed by atoms with E-state index < -0.39 is 0 Å². The molecule has 23 heavy (non-hydrogen) atoms. The number of hydrogen-bond donors (Lipinski definition) is 3. The van der Waals surface area contributed by atoms with Gasteiger partial charge in [0.15, 0.2) is 0 Å². The Morgan fingerprint density at radius 3 is 2.61 bits per heavy atom. The lowest BCUT2D eigenvalue weighted by atomic mass is 10.0. The Hall–Kier alpha value is -2.04. The lowest BCUT2D eigenvalue weighted by Crippen LogP contribution is -2.34.